The molecule has 0 aromatic heterocycles. The molecule has 2 aromatic rings. The standard InChI is InChI=1S/C19H17FO4/c1-10-14(8-11-6-12(23-2)9-13(7-11)24-3)19(22)18-16(21)5-4-15(20)17(10)18/h4-10,21H,1-3H3/b14-8+. The van der Waals surface area contributed by atoms with E-state index in [1.54, 1.807) is 31.2 Å². The monoisotopic (exact) mass is 328 g/mol. The first-order chi connectivity index (χ1) is 11.5. The third-order valence-corrected chi connectivity index (χ3v) is 4.26. The molecule has 0 amide bonds. The van der Waals surface area contributed by atoms with E-state index in [-0.39, 0.29) is 22.7 Å². The van der Waals surface area contributed by atoms with Crippen LogP contribution in [-0.4, -0.2) is 25.1 Å². The number of ketones is 1. The summed E-state index contributed by atoms with van der Waals surface area (Å²) < 4.78 is 24.6. The molecule has 2 aromatic carbocycles. The number of fused-ring (bicyclic) bond motifs is 1. The number of phenolic OH excluding ortho intramolecular Hbond substituents is 1. The number of benzene rings is 2. The summed E-state index contributed by atoms with van der Waals surface area (Å²) >= 11 is 0. The molecule has 0 fully saturated rings. The first kappa shape index (κ1) is 16.1. The third-order valence-electron chi connectivity index (χ3n) is 4.26. The largest absolute Gasteiger partial charge is 0.507 e. The Kier molecular flexibility index (Phi) is 4.01. The Hall–Kier alpha value is -2.82. The fourth-order valence-electron chi connectivity index (χ4n) is 3.02. The van der Waals surface area contributed by atoms with Crippen LogP contribution in [0.2, 0.25) is 0 Å². The normalized spacial score (nSPS) is 17.9. The Morgan fingerprint density at radius 2 is 1.75 bits per heavy atom. The molecule has 24 heavy (non-hydrogen) atoms. The molecule has 1 aliphatic rings. The van der Waals surface area contributed by atoms with E-state index in [1.165, 1.54) is 26.4 Å². The maximum absolute atomic E-state index is 14.1. The van der Waals surface area contributed by atoms with Gasteiger partial charge in [-0.15, -0.1) is 0 Å². The SMILES string of the molecule is COc1cc(/C=C2/C(=O)c3c(O)ccc(F)c3C2C)cc(OC)c1. The van der Waals surface area contributed by atoms with Gasteiger partial charge >= 0.3 is 0 Å². The number of Topliss-reactive ketones (excluding diaryl/α,β-unsaturated/α-hetero) is 1. The Bertz CT molecular complexity index is 832. The minimum Gasteiger partial charge on any atom is -0.507 e. The number of carbonyl (C=O) groups excluding carboxylic acids is 1. The van der Waals surface area contributed by atoms with E-state index in [4.69, 9.17) is 9.47 Å². The zero-order valence-corrected chi connectivity index (χ0v) is 13.6. The van der Waals surface area contributed by atoms with Crippen LogP contribution in [0, 0.1) is 5.82 Å². The fourth-order valence-corrected chi connectivity index (χ4v) is 3.02. The number of hydrogen-bond donors (Lipinski definition) is 1. The molecule has 0 spiro atoms. The molecule has 0 radical (unpaired) electrons. The Morgan fingerprint density at radius 3 is 2.29 bits per heavy atom. The van der Waals surface area contributed by atoms with Crippen molar-refractivity contribution in [1.29, 1.82) is 0 Å². The summed E-state index contributed by atoms with van der Waals surface area (Å²) in [5.74, 6) is -0.324. The lowest BCUT2D eigenvalue weighted by molar-refractivity contribution is 0.103. The molecule has 124 valence electrons. The zero-order valence-electron chi connectivity index (χ0n) is 13.6. The molecule has 4 nitrogen and oxygen atoms in total. The van der Waals surface area contributed by atoms with Crippen molar-refractivity contribution in [1.82, 2.24) is 0 Å². The molecule has 0 heterocycles. The lowest BCUT2D eigenvalue weighted by atomic mass is 9.97. The molecule has 0 aliphatic heterocycles. The van der Waals surface area contributed by atoms with Crippen molar-refractivity contribution in [3.05, 3.63) is 58.4 Å². The van der Waals surface area contributed by atoms with Gasteiger partial charge in [-0.1, -0.05) is 6.92 Å². The number of phenols is 1. The van der Waals surface area contributed by atoms with E-state index >= 15 is 0 Å². The molecule has 1 N–H and O–H groups in total. The van der Waals surface area contributed by atoms with Crippen molar-refractivity contribution in [2.24, 2.45) is 0 Å². The number of rotatable bonds is 3. The summed E-state index contributed by atoms with van der Waals surface area (Å²) in [6, 6.07) is 7.62. The lowest BCUT2D eigenvalue weighted by Gasteiger charge is -2.09. The van der Waals surface area contributed by atoms with Crippen LogP contribution >= 0.6 is 0 Å². The summed E-state index contributed by atoms with van der Waals surface area (Å²) in [6.07, 6.45) is 1.68. The van der Waals surface area contributed by atoms with Crippen LogP contribution in [0.5, 0.6) is 17.2 Å². The summed E-state index contributed by atoms with van der Waals surface area (Å²) in [4.78, 5) is 12.6. The van der Waals surface area contributed by atoms with Gasteiger partial charge in [0.05, 0.1) is 19.8 Å². The predicted octanol–water partition coefficient (Wildman–Crippen LogP) is 3.93. The second kappa shape index (κ2) is 6.00. The molecule has 1 atom stereocenters. The van der Waals surface area contributed by atoms with Crippen molar-refractivity contribution in [2.45, 2.75) is 12.8 Å². The molecular weight excluding hydrogens is 311 g/mol. The minimum atomic E-state index is -0.490. The summed E-state index contributed by atoms with van der Waals surface area (Å²) in [6.45, 7) is 1.75. The van der Waals surface area contributed by atoms with Crippen molar-refractivity contribution >= 4 is 11.9 Å². The Morgan fingerprint density at radius 1 is 1.12 bits per heavy atom. The Balaban J connectivity index is 2.12. The van der Waals surface area contributed by atoms with Gasteiger partial charge in [0.25, 0.3) is 0 Å². The maximum Gasteiger partial charge on any atom is 0.193 e. The van der Waals surface area contributed by atoms with Crippen LogP contribution in [0.25, 0.3) is 6.08 Å². The topological polar surface area (TPSA) is 55.8 Å². The minimum absolute atomic E-state index is 0.0450. The molecule has 1 unspecified atom stereocenters. The van der Waals surface area contributed by atoms with Crippen molar-refractivity contribution in [3.63, 3.8) is 0 Å². The number of methoxy groups -OCH3 is 2. The van der Waals surface area contributed by atoms with E-state index in [9.17, 15) is 14.3 Å². The predicted molar refractivity (Wildman–Crippen MR) is 88.3 cm³/mol. The van der Waals surface area contributed by atoms with Gasteiger partial charge in [0.1, 0.15) is 23.1 Å². The van der Waals surface area contributed by atoms with Gasteiger partial charge in [-0.25, -0.2) is 4.39 Å². The number of ether oxygens (including phenoxy) is 2. The second-order valence-corrected chi connectivity index (χ2v) is 5.65. The average Bonchev–Trinajstić information content (AvgIpc) is 2.83. The molecule has 3 rings (SSSR count). The van der Waals surface area contributed by atoms with Gasteiger partial charge in [0, 0.05) is 23.1 Å². The highest BCUT2D eigenvalue weighted by Crippen LogP contribution is 2.43. The number of halogens is 1. The van der Waals surface area contributed by atoms with Gasteiger partial charge in [0.15, 0.2) is 5.78 Å². The van der Waals surface area contributed by atoms with Gasteiger partial charge in [-0.2, -0.15) is 0 Å². The van der Waals surface area contributed by atoms with E-state index in [2.05, 4.69) is 0 Å². The van der Waals surface area contributed by atoms with Crippen LogP contribution in [0.3, 0.4) is 0 Å². The van der Waals surface area contributed by atoms with Gasteiger partial charge in [-0.3, -0.25) is 4.79 Å². The van der Waals surface area contributed by atoms with Gasteiger partial charge in [-0.05, 0) is 35.9 Å². The van der Waals surface area contributed by atoms with Crippen molar-refractivity contribution < 1.29 is 23.8 Å². The van der Waals surface area contributed by atoms with Crippen LogP contribution in [-0.2, 0) is 0 Å². The van der Waals surface area contributed by atoms with Crippen molar-refractivity contribution in [2.75, 3.05) is 14.2 Å². The van der Waals surface area contributed by atoms with E-state index in [0.29, 0.717) is 22.6 Å². The highest BCUT2D eigenvalue weighted by atomic mass is 19.1. The Labute approximate surface area is 139 Å². The maximum atomic E-state index is 14.1. The van der Waals surface area contributed by atoms with Crippen LogP contribution in [0.15, 0.2) is 35.9 Å². The first-order valence-electron chi connectivity index (χ1n) is 7.47. The molecule has 1 aliphatic carbocycles. The molecule has 0 saturated carbocycles. The van der Waals surface area contributed by atoms with E-state index in [0.717, 1.165) is 0 Å². The molecule has 5 heteroatoms. The average molecular weight is 328 g/mol. The number of aromatic hydroxyl groups is 1. The van der Waals surface area contributed by atoms with Crippen LogP contribution in [0.4, 0.5) is 4.39 Å². The summed E-state index contributed by atoms with van der Waals surface area (Å²) in [5, 5.41) is 9.94. The van der Waals surface area contributed by atoms with E-state index in [1.807, 2.05) is 0 Å². The van der Waals surface area contributed by atoms with Crippen molar-refractivity contribution in [3.8, 4) is 17.2 Å². The highest BCUT2D eigenvalue weighted by molar-refractivity contribution is 6.18. The second-order valence-electron chi connectivity index (χ2n) is 5.65. The molecular formula is C19H17FO4. The smallest absolute Gasteiger partial charge is 0.193 e. The van der Waals surface area contributed by atoms with E-state index < -0.39 is 11.7 Å². The molecule has 0 bridgehead atoms. The molecule has 0 saturated heterocycles. The highest BCUT2D eigenvalue weighted by Gasteiger charge is 2.36. The lowest BCUT2D eigenvalue weighted by Crippen LogP contribution is -1.98. The van der Waals surface area contributed by atoms with Crippen LogP contribution in [0.1, 0.15) is 34.3 Å². The fraction of sp³-hybridized carbons (Fsp3) is 0.211. The quantitative estimate of drug-likeness (QED) is 0.867. The number of carbonyl (C=O) groups is 1. The van der Waals surface area contributed by atoms with Crippen LogP contribution < -0.4 is 9.47 Å². The summed E-state index contributed by atoms with van der Waals surface area (Å²) in [5.41, 5.74) is 1.40. The third kappa shape index (κ3) is 2.52. The summed E-state index contributed by atoms with van der Waals surface area (Å²) in [7, 11) is 3.08. The van der Waals surface area contributed by atoms with Gasteiger partial charge in [0.2, 0.25) is 0 Å². The zero-order chi connectivity index (χ0) is 17.4. The number of hydrogen-bond acceptors (Lipinski definition) is 4. The van der Waals surface area contributed by atoms with Gasteiger partial charge < -0.3 is 14.6 Å². The number of allylic oxidation sites excluding steroid dienone is 1. The first-order valence-corrected chi connectivity index (χ1v) is 7.47.